The molecule has 152 valence electrons. The Bertz CT molecular complexity index is 753. The van der Waals surface area contributed by atoms with Crippen LogP contribution in [0.5, 0.6) is 0 Å². The second kappa shape index (κ2) is 12.3. The van der Waals surface area contributed by atoms with E-state index in [0.29, 0.717) is 25.6 Å². The minimum atomic E-state index is -0.257. The molecule has 2 rings (SSSR count). The van der Waals surface area contributed by atoms with Crippen LogP contribution in [-0.2, 0) is 17.9 Å². The van der Waals surface area contributed by atoms with Crippen LogP contribution in [0, 0.1) is 5.82 Å². The summed E-state index contributed by atoms with van der Waals surface area (Å²) in [7, 11) is 3.56. The number of carbonyl (C=O) groups is 1. The summed E-state index contributed by atoms with van der Waals surface area (Å²) in [6.07, 6.45) is 0. The smallest absolute Gasteiger partial charge is 0.242 e. The topological polar surface area (TPSA) is 47.9 Å². The molecule has 0 aliphatic carbocycles. The molecule has 0 unspecified atom stereocenters. The van der Waals surface area contributed by atoms with Crippen LogP contribution in [0.1, 0.15) is 18.1 Å². The second-order valence-corrected chi connectivity index (χ2v) is 6.28. The van der Waals surface area contributed by atoms with E-state index in [-0.39, 0.29) is 42.2 Å². The molecule has 1 N–H and O–H groups in total. The number of aliphatic imine (C=N–C) groups is 1. The van der Waals surface area contributed by atoms with Gasteiger partial charge < -0.3 is 15.1 Å². The van der Waals surface area contributed by atoms with Gasteiger partial charge in [0.2, 0.25) is 5.91 Å². The summed E-state index contributed by atoms with van der Waals surface area (Å²) >= 11 is 0. The average Bonchev–Trinajstić information content (AvgIpc) is 2.69. The third-order valence-corrected chi connectivity index (χ3v) is 4.25. The predicted octanol–water partition coefficient (Wildman–Crippen LogP) is 3.50. The van der Waals surface area contributed by atoms with Crippen molar-refractivity contribution in [1.29, 1.82) is 0 Å². The summed E-state index contributed by atoms with van der Waals surface area (Å²) in [6, 6.07) is 16.3. The maximum absolute atomic E-state index is 13.0. The Morgan fingerprint density at radius 3 is 2.21 bits per heavy atom. The number of halogens is 2. The highest BCUT2D eigenvalue weighted by Gasteiger charge is 2.14. The summed E-state index contributed by atoms with van der Waals surface area (Å²) < 4.78 is 13.0. The van der Waals surface area contributed by atoms with E-state index in [2.05, 4.69) is 10.3 Å². The van der Waals surface area contributed by atoms with Gasteiger partial charge in [-0.05, 0) is 30.2 Å². The Balaban J connectivity index is 0.00000392. The highest BCUT2D eigenvalue weighted by atomic mass is 127. The first-order valence-corrected chi connectivity index (χ1v) is 9.01. The number of rotatable bonds is 7. The van der Waals surface area contributed by atoms with Crippen LogP contribution in [0.3, 0.4) is 0 Å². The van der Waals surface area contributed by atoms with Crippen molar-refractivity contribution in [3.63, 3.8) is 0 Å². The fraction of sp³-hybridized carbons (Fsp3) is 0.333. The van der Waals surface area contributed by atoms with E-state index in [1.54, 1.807) is 24.1 Å². The number of amides is 1. The molecule has 5 nitrogen and oxygen atoms in total. The predicted molar refractivity (Wildman–Crippen MR) is 122 cm³/mol. The van der Waals surface area contributed by atoms with Crippen molar-refractivity contribution >= 4 is 35.8 Å². The van der Waals surface area contributed by atoms with E-state index < -0.39 is 0 Å². The minimum Gasteiger partial charge on any atom is -0.347 e. The molecule has 0 aliphatic heterocycles. The number of hydrogen-bond acceptors (Lipinski definition) is 2. The lowest BCUT2D eigenvalue weighted by Crippen LogP contribution is -2.44. The van der Waals surface area contributed by atoms with Gasteiger partial charge in [0, 0.05) is 33.7 Å². The Kier molecular flexibility index (Phi) is 10.5. The summed E-state index contributed by atoms with van der Waals surface area (Å²) in [5.74, 6) is 0.369. The Hall–Kier alpha value is -2.16. The van der Waals surface area contributed by atoms with Gasteiger partial charge in [0.15, 0.2) is 5.96 Å². The standard InChI is InChI=1S/C21H27FN4O.HI/c1-4-26(16-17-8-6-5-7-9-17)20(27)14-24-21(23-2)25(3)15-18-10-12-19(22)13-11-18;/h5-13H,4,14-16H2,1-3H3,(H,23,24);1H. The number of nitrogens with one attached hydrogen (secondary N) is 1. The molecule has 0 spiro atoms. The number of benzene rings is 2. The van der Waals surface area contributed by atoms with Gasteiger partial charge in [-0.1, -0.05) is 42.5 Å². The molecule has 0 heterocycles. The number of hydrogen-bond donors (Lipinski definition) is 1. The average molecular weight is 498 g/mol. The zero-order valence-electron chi connectivity index (χ0n) is 16.6. The van der Waals surface area contributed by atoms with E-state index in [0.717, 1.165) is 11.1 Å². The normalized spacial score (nSPS) is 10.8. The molecule has 0 fully saturated rings. The van der Waals surface area contributed by atoms with Crippen molar-refractivity contribution in [2.45, 2.75) is 20.0 Å². The number of guanidine groups is 1. The van der Waals surface area contributed by atoms with Crippen LogP contribution in [0.2, 0.25) is 0 Å². The van der Waals surface area contributed by atoms with Crippen LogP contribution in [0.4, 0.5) is 4.39 Å². The SMILES string of the molecule is CCN(Cc1ccccc1)C(=O)CNC(=NC)N(C)Cc1ccc(F)cc1.I. The lowest BCUT2D eigenvalue weighted by Gasteiger charge is -2.25. The maximum atomic E-state index is 13.0. The molecular weight excluding hydrogens is 470 g/mol. The van der Waals surface area contributed by atoms with Gasteiger partial charge in [-0.25, -0.2) is 4.39 Å². The van der Waals surface area contributed by atoms with Crippen molar-refractivity contribution in [3.05, 3.63) is 71.5 Å². The molecule has 0 aromatic heterocycles. The van der Waals surface area contributed by atoms with Crippen molar-refractivity contribution < 1.29 is 9.18 Å². The molecule has 0 atom stereocenters. The van der Waals surface area contributed by atoms with Crippen LogP contribution in [0.15, 0.2) is 59.6 Å². The highest BCUT2D eigenvalue weighted by Crippen LogP contribution is 2.06. The van der Waals surface area contributed by atoms with E-state index in [9.17, 15) is 9.18 Å². The first-order valence-electron chi connectivity index (χ1n) is 9.01. The number of nitrogens with zero attached hydrogens (tertiary/aromatic N) is 3. The summed E-state index contributed by atoms with van der Waals surface area (Å²) in [5, 5.41) is 3.11. The molecule has 0 saturated carbocycles. The van der Waals surface area contributed by atoms with E-state index in [1.165, 1.54) is 12.1 Å². The van der Waals surface area contributed by atoms with Gasteiger partial charge >= 0.3 is 0 Å². The summed E-state index contributed by atoms with van der Waals surface area (Å²) in [5.41, 5.74) is 2.07. The Labute approximate surface area is 183 Å². The molecular formula is C21H28FIN4O. The molecule has 1 amide bonds. The molecule has 0 radical (unpaired) electrons. The van der Waals surface area contributed by atoms with Gasteiger partial charge in [0.25, 0.3) is 0 Å². The molecule has 7 heteroatoms. The van der Waals surface area contributed by atoms with Crippen molar-refractivity contribution in [2.24, 2.45) is 4.99 Å². The summed E-state index contributed by atoms with van der Waals surface area (Å²) in [6.45, 7) is 3.92. The molecule has 0 bridgehead atoms. The monoisotopic (exact) mass is 498 g/mol. The third-order valence-electron chi connectivity index (χ3n) is 4.25. The van der Waals surface area contributed by atoms with E-state index >= 15 is 0 Å². The van der Waals surface area contributed by atoms with E-state index in [1.807, 2.05) is 49.2 Å². The van der Waals surface area contributed by atoms with Crippen molar-refractivity contribution in [2.75, 3.05) is 27.2 Å². The van der Waals surface area contributed by atoms with Crippen molar-refractivity contribution in [3.8, 4) is 0 Å². The van der Waals surface area contributed by atoms with Gasteiger partial charge in [-0.15, -0.1) is 24.0 Å². The highest BCUT2D eigenvalue weighted by molar-refractivity contribution is 14.0. The molecule has 0 aliphatic rings. The lowest BCUT2D eigenvalue weighted by atomic mass is 10.2. The molecule has 2 aromatic carbocycles. The first-order chi connectivity index (χ1) is 13.0. The third kappa shape index (κ3) is 7.46. The van der Waals surface area contributed by atoms with E-state index in [4.69, 9.17) is 0 Å². The number of likely N-dealkylation sites (N-methyl/N-ethyl adjacent to an activating group) is 1. The zero-order valence-corrected chi connectivity index (χ0v) is 18.9. The Morgan fingerprint density at radius 1 is 1.04 bits per heavy atom. The molecule has 0 saturated heterocycles. The van der Waals surface area contributed by atoms with Gasteiger partial charge in [0.05, 0.1) is 6.54 Å². The van der Waals surface area contributed by atoms with Crippen LogP contribution < -0.4 is 5.32 Å². The second-order valence-electron chi connectivity index (χ2n) is 6.28. The first kappa shape index (κ1) is 23.9. The fourth-order valence-corrected chi connectivity index (χ4v) is 2.77. The van der Waals surface area contributed by atoms with Gasteiger partial charge in [-0.3, -0.25) is 9.79 Å². The van der Waals surface area contributed by atoms with Crippen LogP contribution >= 0.6 is 24.0 Å². The van der Waals surface area contributed by atoms with Gasteiger partial charge in [0.1, 0.15) is 5.82 Å². The Morgan fingerprint density at radius 2 is 1.64 bits per heavy atom. The maximum Gasteiger partial charge on any atom is 0.242 e. The van der Waals surface area contributed by atoms with Gasteiger partial charge in [-0.2, -0.15) is 0 Å². The largest absolute Gasteiger partial charge is 0.347 e. The van der Waals surface area contributed by atoms with Crippen molar-refractivity contribution in [1.82, 2.24) is 15.1 Å². The summed E-state index contributed by atoms with van der Waals surface area (Å²) in [4.78, 5) is 20.5. The quantitative estimate of drug-likeness (QED) is 0.361. The van der Waals surface area contributed by atoms with Crippen LogP contribution in [-0.4, -0.2) is 48.9 Å². The van der Waals surface area contributed by atoms with Crippen LogP contribution in [0.25, 0.3) is 0 Å². The molecule has 28 heavy (non-hydrogen) atoms. The zero-order chi connectivity index (χ0) is 19.6. The molecule has 2 aromatic rings. The fourth-order valence-electron chi connectivity index (χ4n) is 2.77. The minimum absolute atomic E-state index is 0. The number of carbonyl (C=O) groups excluding carboxylic acids is 1. The lowest BCUT2D eigenvalue weighted by molar-refractivity contribution is -0.130.